The van der Waals surface area contributed by atoms with Crippen LogP contribution in [0.5, 0.6) is 5.75 Å². The number of halogens is 1. The summed E-state index contributed by atoms with van der Waals surface area (Å²) in [4.78, 5) is 13.4. The average Bonchev–Trinajstić information content (AvgIpc) is 2.85. The number of ether oxygens (including phenoxy) is 1. The van der Waals surface area contributed by atoms with Crippen molar-refractivity contribution in [2.75, 3.05) is 18.9 Å². The number of thiophene rings is 1. The highest BCUT2D eigenvalue weighted by molar-refractivity contribution is 7.16. The molecule has 0 fully saturated rings. The van der Waals surface area contributed by atoms with Gasteiger partial charge in [0.2, 0.25) is 0 Å². The maximum atomic E-state index is 12.3. The van der Waals surface area contributed by atoms with Crippen LogP contribution in [-0.4, -0.2) is 19.1 Å². The van der Waals surface area contributed by atoms with E-state index < -0.39 is 0 Å². The molecule has 6 heteroatoms. The summed E-state index contributed by atoms with van der Waals surface area (Å²) in [6.07, 6.45) is 0.736. The molecule has 0 aliphatic rings. The maximum absolute atomic E-state index is 12.3. The SMILES string of the molecule is CCOc1cccc(N)c1C(=O)NCCc1ccc(Cl)s1. The molecule has 0 aliphatic heterocycles. The van der Waals surface area contributed by atoms with Crippen LogP contribution in [0.15, 0.2) is 30.3 Å². The second kappa shape index (κ2) is 7.33. The number of hydrogen-bond donors (Lipinski definition) is 2. The monoisotopic (exact) mass is 324 g/mol. The molecular weight excluding hydrogens is 308 g/mol. The number of anilines is 1. The van der Waals surface area contributed by atoms with Crippen LogP contribution in [0.1, 0.15) is 22.2 Å². The lowest BCUT2D eigenvalue weighted by atomic mass is 10.1. The van der Waals surface area contributed by atoms with Gasteiger partial charge in [-0.15, -0.1) is 11.3 Å². The van der Waals surface area contributed by atoms with Crippen molar-refractivity contribution in [3.8, 4) is 5.75 Å². The van der Waals surface area contributed by atoms with Gasteiger partial charge in [0.1, 0.15) is 11.3 Å². The van der Waals surface area contributed by atoms with Gasteiger partial charge in [0, 0.05) is 17.1 Å². The number of benzene rings is 1. The van der Waals surface area contributed by atoms with Gasteiger partial charge in [-0.1, -0.05) is 17.7 Å². The van der Waals surface area contributed by atoms with Gasteiger partial charge < -0.3 is 15.8 Å². The highest BCUT2D eigenvalue weighted by atomic mass is 35.5. The van der Waals surface area contributed by atoms with Crippen LogP contribution in [0.4, 0.5) is 5.69 Å². The minimum atomic E-state index is -0.223. The number of hydrogen-bond acceptors (Lipinski definition) is 4. The van der Waals surface area contributed by atoms with Crippen molar-refractivity contribution < 1.29 is 9.53 Å². The molecule has 1 aromatic carbocycles. The minimum absolute atomic E-state index is 0.223. The summed E-state index contributed by atoms with van der Waals surface area (Å²) >= 11 is 7.39. The molecule has 0 saturated carbocycles. The predicted molar refractivity (Wildman–Crippen MR) is 87.4 cm³/mol. The molecule has 0 saturated heterocycles. The normalized spacial score (nSPS) is 10.4. The number of rotatable bonds is 6. The Balaban J connectivity index is 2.00. The lowest BCUT2D eigenvalue weighted by Crippen LogP contribution is -2.27. The first kappa shape index (κ1) is 15.7. The standard InChI is InChI=1S/C15H17ClN2O2S/c1-2-20-12-5-3-4-11(17)14(12)15(19)18-9-8-10-6-7-13(16)21-10/h3-7H,2,8-9,17H2,1H3,(H,18,19). The number of carbonyl (C=O) groups excluding carboxylic acids is 1. The molecular formula is C15H17ClN2O2S. The summed E-state index contributed by atoms with van der Waals surface area (Å²) in [5, 5.41) is 2.86. The van der Waals surface area contributed by atoms with Gasteiger partial charge in [0.15, 0.2) is 0 Å². The quantitative estimate of drug-likeness (QED) is 0.801. The summed E-state index contributed by atoms with van der Waals surface area (Å²) in [5.41, 5.74) is 6.69. The molecule has 0 spiro atoms. The van der Waals surface area contributed by atoms with E-state index in [1.807, 2.05) is 19.1 Å². The van der Waals surface area contributed by atoms with Crippen LogP contribution in [0.2, 0.25) is 4.34 Å². The molecule has 1 heterocycles. The summed E-state index contributed by atoms with van der Waals surface area (Å²) in [6.45, 7) is 2.87. The largest absolute Gasteiger partial charge is 0.493 e. The Bertz CT molecular complexity index is 628. The fourth-order valence-electron chi connectivity index (χ4n) is 1.94. The Morgan fingerprint density at radius 1 is 1.38 bits per heavy atom. The number of nitrogens with one attached hydrogen (secondary N) is 1. The van der Waals surface area contributed by atoms with Crippen molar-refractivity contribution in [1.29, 1.82) is 0 Å². The molecule has 1 amide bonds. The van der Waals surface area contributed by atoms with Gasteiger partial charge in [-0.3, -0.25) is 4.79 Å². The Labute approximate surface area is 132 Å². The summed E-state index contributed by atoms with van der Waals surface area (Å²) < 4.78 is 6.20. The van der Waals surface area contributed by atoms with E-state index in [-0.39, 0.29) is 5.91 Å². The van der Waals surface area contributed by atoms with E-state index >= 15 is 0 Å². The molecule has 112 valence electrons. The Morgan fingerprint density at radius 3 is 2.86 bits per heavy atom. The molecule has 2 aromatic rings. The third-order valence-corrected chi connectivity index (χ3v) is 4.16. The second-order valence-corrected chi connectivity index (χ2v) is 6.16. The summed E-state index contributed by atoms with van der Waals surface area (Å²) in [7, 11) is 0. The summed E-state index contributed by atoms with van der Waals surface area (Å²) in [5.74, 6) is 0.286. The number of amides is 1. The zero-order valence-electron chi connectivity index (χ0n) is 11.7. The van der Waals surface area contributed by atoms with E-state index in [1.54, 1.807) is 18.2 Å². The number of carbonyl (C=O) groups is 1. The van der Waals surface area contributed by atoms with E-state index in [4.69, 9.17) is 22.1 Å². The molecule has 4 nitrogen and oxygen atoms in total. The highest BCUT2D eigenvalue weighted by Gasteiger charge is 2.15. The lowest BCUT2D eigenvalue weighted by Gasteiger charge is -2.12. The fraction of sp³-hybridized carbons (Fsp3) is 0.267. The number of nitrogens with two attached hydrogens (primary N) is 1. The molecule has 1 aromatic heterocycles. The van der Waals surface area contributed by atoms with Crippen LogP contribution >= 0.6 is 22.9 Å². The topological polar surface area (TPSA) is 64.3 Å². The smallest absolute Gasteiger partial charge is 0.257 e. The minimum Gasteiger partial charge on any atom is -0.493 e. The van der Waals surface area contributed by atoms with E-state index in [9.17, 15) is 4.79 Å². The molecule has 0 bridgehead atoms. The highest BCUT2D eigenvalue weighted by Crippen LogP contribution is 2.24. The Hall–Kier alpha value is -1.72. The second-order valence-electron chi connectivity index (χ2n) is 4.37. The van der Waals surface area contributed by atoms with Crippen molar-refractivity contribution >= 4 is 34.5 Å². The zero-order valence-corrected chi connectivity index (χ0v) is 13.3. The molecule has 2 rings (SSSR count). The first-order chi connectivity index (χ1) is 10.1. The molecule has 0 radical (unpaired) electrons. The van der Waals surface area contributed by atoms with E-state index in [0.29, 0.717) is 30.2 Å². The van der Waals surface area contributed by atoms with Gasteiger partial charge in [0.25, 0.3) is 5.91 Å². The molecule has 21 heavy (non-hydrogen) atoms. The molecule has 0 aliphatic carbocycles. The van der Waals surface area contributed by atoms with E-state index in [1.165, 1.54) is 11.3 Å². The van der Waals surface area contributed by atoms with Gasteiger partial charge in [-0.05, 0) is 37.6 Å². The maximum Gasteiger partial charge on any atom is 0.257 e. The number of nitrogen functional groups attached to an aromatic ring is 1. The van der Waals surface area contributed by atoms with Gasteiger partial charge in [-0.25, -0.2) is 0 Å². The van der Waals surface area contributed by atoms with Crippen LogP contribution < -0.4 is 15.8 Å². The van der Waals surface area contributed by atoms with Crippen molar-refractivity contribution in [3.05, 3.63) is 45.1 Å². The van der Waals surface area contributed by atoms with E-state index in [0.717, 1.165) is 15.6 Å². The molecule has 3 N–H and O–H groups in total. The van der Waals surface area contributed by atoms with Crippen LogP contribution in [0, 0.1) is 0 Å². The van der Waals surface area contributed by atoms with Crippen LogP contribution in [-0.2, 0) is 6.42 Å². The summed E-state index contributed by atoms with van der Waals surface area (Å²) in [6, 6.07) is 9.02. The van der Waals surface area contributed by atoms with Crippen molar-refractivity contribution in [3.63, 3.8) is 0 Å². The Morgan fingerprint density at radius 2 is 2.19 bits per heavy atom. The first-order valence-corrected chi connectivity index (χ1v) is 7.85. The lowest BCUT2D eigenvalue weighted by molar-refractivity contribution is 0.0951. The predicted octanol–water partition coefficient (Wildman–Crippen LogP) is 3.35. The van der Waals surface area contributed by atoms with Crippen molar-refractivity contribution in [2.24, 2.45) is 0 Å². The van der Waals surface area contributed by atoms with E-state index in [2.05, 4.69) is 5.32 Å². The molecule has 0 unspecified atom stereocenters. The van der Waals surface area contributed by atoms with Crippen molar-refractivity contribution in [2.45, 2.75) is 13.3 Å². The van der Waals surface area contributed by atoms with Crippen molar-refractivity contribution in [1.82, 2.24) is 5.32 Å². The van der Waals surface area contributed by atoms with Crippen LogP contribution in [0.25, 0.3) is 0 Å². The van der Waals surface area contributed by atoms with Crippen LogP contribution in [0.3, 0.4) is 0 Å². The zero-order chi connectivity index (χ0) is 15.2. The average molecular weight is 325 g/mol. The van der Waals surface area contributed by atoms with Gasteiger partial charge >= 0.3 is 0 Å². The first-order valence-electron chi connectivity index (χ1n) is 6.65. The van der Waals surface area contributed by atoms with Gasteiger partial charge in [0.05, 0.1) is 10.9 Å². The molecule has 0 atom stereocenters. The van der Waals surface area contributed by atoms with Gasteiger partial charge in [-0.2, -0.15) is 0 Å². The Kier molecular flexibility index (Phi) is 5.47. The fourth-order valence-corrected chi connectivity index (χ4v) is 3.03. The third kappa shape index (κ3) is 4.12. The third-order valence-electron chi connectivity index (χ3n) is 2.87.